The average molecular weight is 388 g/mol. The number of amides is 1. The molecule has 142 valence electrons. The monoisotopic (exact) mass is 387 g/mol. The van der Waals surface area contributed by atoms with Gasteiger partial charge in [0.25, 0.3) is 5.91 Å². The van der Waals surface area contributed by atoms with E-state index in [0.29, 0.717) is 11.4 Å². The molecule has 0 aliphatic carbocycles. The van der Waals surface area contributed by atoms with E-state index in [1.165, 1.54) is 0 Å². The molecule has 1 aliphatic heterocycles. The zero-order valence-corrected chi connectivity index (χ0v) is 16.1. The normalized spacial score (nSPS) is 15.6. The summed E-state index contributed by atoms with van der Waals surface area (Å²) in [5.41, 5.74) is 2.63. The van der Waals surface area contributed by atoms with Crippen molar-refractivity contribution in [1.82, 2.24) is 0 Å². The Balaban J connectivity index is 1.54. The second-order valence-corrected chi connectivity index (χ2v) is 7.30. The van der Waals surface area contributed by atoms with Crippen molar-refractivity contribution in [3.05, 3.63) is 58.6 Å². The quantitative estimate of drug-likeness (QED) is 0.781. The molecule has 1 atom stereocenters. The number of ether oxygens (including phenoxy) is 2. The Morgan fingerprint density at radius 3 is 2.81 bits per heavy atom. The molecule has 0 saturated carbocycles. The zero-order chi connectivity index (χ0) is 19.4. The lowest BCUT2D eigenvalue weighted by atomic mass is 9.97. The zero-order valence-electron chi connectivity index (χ0n) is 15.3. The van der Waals surface area contributed by atoms with Crippen LogP contribution in [0.15, 0.2) is 42.5 Å². The third kappa shape index (κ3) is 4.80. The highest BCUT2D eigenvalue weighted by Gasteiger charge is 2.28. The summed E-state index contributed by atoms with van der Waals surface area (Å²) in [6, 6.07) is 12.9. The van der Waals surface area contributed by atoms with Crippen LogP contribution in [0.4, 0.5) is 5.69 Å². The summed E-state index contributed by atoms with van der Waals surface area (Å²) in [6.45, 7) is 4.01. The lowest BCUT2D eigenvalue weighted by Gasteiger charge is -2.24. The molecule has 1 N–H and O–H groups in total. The lowest BCUT2D eigenvalue weighted by Crippen LogP contribution is -2.32. The minimum absolute atomic E-state index is 0.227. The molecule has 1 aliphatic rings. The number of esters is 1. The first-order valence-electron chi connectivity index (χ1n) is 8.90. The molecule has 0 bridgehead atoms. The van der Waals surface area contributed by atoms with E-state index in [0.717, 1.165) is 22.6 Å². The fourth-order valence-corrected chi connectivity index (χ4v) is 3.26. The third-order valence-corrected chi connectivity index (χ3v) is 4.70. The number of carbonyl (C=O) groups excluding carboxylic acids is 2. The van der Waals surface area contributed by atoms with Crippen molar-refractivity contribution in [3.63, 3.8) is 0 Å². The largest absolute Gasteiger partial charge is 0.492 e. The first-order chi connectivity index (χ1) is 12.9. The second kappa shape index (κ2) is 8.44. The molecular formula is C21H22ClNO4. The van der Waals surface area contributed by atoms with Crippen LogP contribution in [0, 0.1) is 5.92 Å². The molecular weight excluding hydrogens is 366 g/mol. The minimum Gasteiger partial charge on any atom is -0.492 e. The van der Waals surface area contributed by atoms with Crippen molar-refractivity contribution in [2.24, 2.45) is 5.92 Å². The van der Waals surface area contributed by atoms with E-state index < -0.39 is 11.9 Å². The number of nitrogens with one attached hydrogen (secondary N) is 1. The van der Waals surface area contributed by atoms with E-state index >= 15 is 0 Å². The van der Waals surface area contributed by atoms with E-state index in [4.69, 9.17) is 21.1 Å². The van der Waals surface area contributed by atoms with Crippen molar-refractivity contribution >= 4 is 29.2 Å². The highest BCUT2D eigenvalue weighted by atomic mass is 35.5. The van der Waals surface area contributed by atoms with E-state index in [1.54, 1.807) is 18.2 Å². The maximum Gasteiger partial charge on any atom is 0.313 e. The number of fused-ring (bicyclic) bond motifs is 1. The Kier molecular flexibility index (Phi) is 6.01. The number of hydrogen-bond donors (Lipinski definition) is 1. The second-order valence-electron chi connectivity index (χ2n) is 6.86. The standard InChI is InChI=1S/C21H22ClNO4/c1-13(2)17-5-3-4-6-18(17)23-20(24)12-27-21(25)15-9-14-10-16(22)7-8-19(14)26-11-15/h3-8,10,13,15H,9,11-12H2,1-2H3,(H,23,24)/t15-/m0/s1. The molecule has 2 aromatic rings. The predicted molar refractivity (Wildman–Crippen MR) is 104 cm³/mol. The topological polar surface area (TPSA) is 64.6 Å². The minimum atomic E-state index is -0.452. The maximum absolute atomic E-state index is 12.3. The number of rotatable bonds is 5. The van der Waals surface area contributed by atoms with Crippen molar-refractivity contribution < 1.29 is 19.1 Å². The molecule has 0 fully saturated rings. The van der Waals surface area contributed by atoms with Crippen molar-refractivity contribution in [2.45, 2.75) is 26.2 Å². The van der Waals surface area contributed by atoms with Gasteiger partial charge in [0, 0.05) is 10.7 Å². The Labute approximate surface area is 163 Å². The lowest BCUT2D eigenvalue weighted by molar-refractivity contribution is -0.152. The molecule has 1 amide bonds. The molecule has 0 unspecified atom stereocenters. The summed E-state index contributed by atoms with van der Waals surface area (Å²) < 4.78 is 10.8. The Morgan fingerprint density at radius 2 is 2.04 bits per heavy atom. The SMILES string of the molecule is CC(C)c1ccccc1NC(=O)COC(=O)[C@@H]1COc2ccc(Cl)cc2C1. The van der Waals surface area contributed by atoms with E-state index in [1.807, 2.05) is 24.3 Å². The summed E-state index contributed by atoms with van der Waals surface area (Å²) in [7, 11) is 0. The molecule has 1 heterocycles. The van der Waals surface area contributed by atoms with Crippen LogP contribution in [0.5, 0.6) is 5.75 Å². The predicted octanol–water partition coefficient (Wildman–Crippen LogP) is 4.20. The van der Waals surface area contributed by atoms with Crippen molar-refractivity contribution in [1.29, 1.82) is 0 Å². The van der Waals surface area contributed by atoms with Gasteiger partial charge in [-0.05, 0) is 47.7 Å². The van der Waals surface area contributed by atoms with E-state index in [9.17, 15) is 9.59 Å². The molecule has 5 nitrogen and oxygen atoms in total. The fraction of sp³-hybridized carbons (Fsp3) is 0.333. The molecule has 2 aromatic carbocycles. The Morgan fingerprint density at radius 1 is 1.26 bits per heavy atom. The number of halogens is 1. The van der Waals surface area contributed by atoms with Crippen LogP contribution in [0.25, 0.3) is 0 Å². The van der Waals surface area contributed by atoms with Gasteiger partial charge in [0.15, 0.2) is 6.61 Å². The molecule has 6 heteroatoms. The van der Waals surface area contributed by atoms with Crippen LogP contribution < -0.4 is 10.1 Å². The van der Waals surface area contributed by atoms with Gasteiger partial charge in [-0.3, -0.25) is 9.59 Å². The van der Waals surface area contributed by atoms with Crippen LogP contribution in [0.3, 0.4) is 0 Å². The van der Waals surface area contributed by atoms with Gasteiger partial charge in [0.1, 0.15) is 12.4 Å². The van der Waals surface area contributed by atoms with Gasteiger partial charge >= 0.3 is 5.97 Å². The number of para-hydroxylation sites is 1. The molecule has 0 aromatic heterocycles. The summed E-state index contributed by atoms with van der Waals surface area (Å²) >= 11 is 5.99. The Hall–Kier alpha value is -2.53. The molecule has 0 spiro atoms. The van der Waals surface area contributed by atoms with Gasteiger partial charge in [0.2, 0.25) is 0 Å². The van der Waals surface area contributed by atoms with Crippen LogP contribution in [-0.4, -0.2) is 25.1 Å². The number of hydrogen-bond acceptors (Lipinski definition) is 4. The van der Waals surface area contributed by atoms with E-state index in [-0.39, 0.29) is 25.0 Å². The van der Waals surface area contributed by atoms with Gasteiger partial charge in [0.05, 0.1) is 5.92 Å². The highest BCUT2D eigenvalue weighted by Crippen LogP contribution is 2.30. The molecule has 0 radical (unpaired) electrons. The van der Waals surface area contributed by atoms with Gasteiger partial charge in [-0.1, -0.05) is 43.6 Å². The molecule has 27 heavy (non-hydrogen) atoms. The third-order valence-electron chi connectivity index (χ3n) is 4.46. The fourth-order valence-electron chi connectivity index (χ4n) is 3.07. The summed E-state index contributed by atoms with van der Waals surface area (Å²) in [6.07, 6.45) is 0.479. The highest BCUT2D eigenvalue weighted by molar-refractivity contribution is 6.30. The summed E-state index contributed by atoms with van der Waals surface area (Å²) in [4.78, 5) is 24.5. The average Bonchev–Trinajstić information content (AvgIpc) is 2.65. The van der Waals surface area contributed by atoms with Gasteiger partial charge < -0.3 is 14.8 Å². The number of anilines is 1. The first kappa shape index (κ1) is 19.2. The summed E-state index contributed by atoms with van der Waals surface area (Å²) in [5, 5.41) is 3.40. The first-order valence-corrected chi connectivity index (χ1v) is 9.28. The van der Waals surface area contributed by atoms with Crippen LogP contribution >= 0.6 is 11.6 Å². The van der Waals surface area contributed by atoms with E-state index in [2.05, 4.69) is 19.2 Å². The van der Waals surface area contributed by atoms with Crippen LogP contribution in [-0.2, 0) is 20.7 Å². The smallest absolute Gasteiger partial charge is 0.313 e. The molecule has 0 saturated heterocycles. The van der Waals surface area contributed by atoms with Gasteiger partial charge in [-0.15, -0.1) is 0 Å². The number of carbonyl (C=O) groups is 2. The van der Waals surface area contributed by atoms with Crippen LogP contribution in [0.1, 0.15) is 30.9 Å². The maximum atomic E-state index is 12.3. The van der Waals surface area contributed by atoms with Gasteiger partial charge in [-0.25, -0.2) is 0 Å². The Bertz CT molecular complexity index is 850. The molecule has 3 rings (SSSR count). The van der Waals surface area contributed by atoms with Gasteiger partial charge in [-0.2, -0.15) is 0 Å². The van der Waals surface area contributed by atoms with Crippen LogP contribution in [0.2, 0.25) is 5.02 Å². The number of benzene rings is 2. The summed E-state index contributed by atoms with van der Waals surface area (Å²) in [5.74, 6) is -0.266. The van der Waals surface area contributed by atoms with Crippen molar-refractivity contribution in [3.8, 4) is 5.75 Å². The van der Waals surface area contributed by atoms with Crippen molar-refractivity contribution in [2.75, 3.05) is 18.5 Å².